The van der Waals surface area contributed by atoms with Gasteiger partial charge in [0.2, 0.25) is 5.95 Å². The predicted molar refractivity (Wildman–Crippen MR) is 83.7 cm³/mol. The van der Waals surface area contributed by atoms with E-state index in [0.29, 0.717) is 22.1 Å². The summed E-state index contributed by atoms with van der Waals surface area (Å²) in [4.78, 5) is 8.58. The molecule has 0 amide bonds. The molecule has 0 saturated carbocycles. The minimum Gasteiger partial charge on any atom is -0.369 e. The summed E-state index contributed by atoms with van der Waals surface area (Å²) < 4.78 is 3.62. The lowest BCUT2D eigenvalue weighted by Gasteiger charge is -2.08. The van der Waals surface area contributed by atoms with Crippen molar-refractivity contribution in [1.82, 2.24) is 14.5 Å². The van der Waals surface area contributed by atoms with E-state index in [-0.39, 0.29) is 0 Å². The molecule has 2 heterocycles. The van der Waals surface area contributed by atoms with Crippen molar-refractivity contribution in [2.24, 2.45) is 0 Å². The van der Waals surface area contributed by atoms with Gasteiger partial charge in [-0.1, -0.05) is 27.5 Å². The van der Waals surface area contributed by atoms with Crippen LogP contribution in [-0.4, -0.2) is 14.5 Å². The van der Waals surface area contributed by atoms with Crippen LogP contribution in [0.4, 0.5) is 5.95 Å². The fourth-order valence-corrected chi connectivity index (χ4v) is 2.78. The monoisotopic (exact) mass is 400 g/mol. The molecule has 0 aliphatic rings. The third-order valence-corrected chi connectivity index (χ3v) is 4.01. The highest BCUT2D eigenvalue weighted by atomic mass is 79.9. The number of halogens is 3. The van der Waals surface area contributed by atoms with Crippen LogP contribution in [0.2, 0.25) is 5.02 Å². The Morgan fingerprint density at radius 2 is 2.00 bits per heavy atom. The Hall–Kier alpha value is -1.11. The highest BCUT2D eigenvalue weighted by Gasteiger charge is 2.14. The summed E-state index contributed by atoms with van der Waals surface area (Å²) in [7, 11) is 0. The van der Waals surface area contributed by atoms with Gasteiger partial charge in [0.25, 0.3) is 0 Å². The van der Waals surface area contributed by atoms with Gasteiger partial charge in [-0.3, -0.25) is 4.57 Å². The average Bonchev–Trinajstić information content (AvgIpc) is 2.67. The fourth-order valence-electron chi connectivity index (χ4n) is 1.85. The molecule has 2 aromatic heterocycles. The molecule has 0 saturated heterocycles. The van der Waals surface area contributed by atoms with E-state index in [9.17, 15) is 0 Å². The van der Waals surface area contributed by atoms with E-state index in [2.05, 4.69) is 41.8 Å². The lowest BCUT2D eigenvalue weighted by Crippen LogP contribution is -2.02. The van der Waals surface area contributed by atoms with Gasteiger partial charge in [0.05, 0.1) is 10.7 Å². The van der Waals surface area contributed by atoms with E-state index in [0.717, 1.165) is 14.6 Å². The second-order valence-electron chi connectivity index (χ2n) is 3.90. The maximum absolute atomic E-state index is 5.99. The number of benzene rings is 1. The molecular weight excluding hydrogens is 395 g/mol. The van der Waals surface area contributed by atoms with Crippen LogP contribution in [0.25, 0.3) is 16.9 Å². The van der Waals surface area contributed by atoms with Gasteiger partial charge in [-0.15, -0.1) is 0 Å². The highest BCUT2D eigenvalue weighted by molar-refractivity contribution is 9.11. The number of pyridine rings is 1. The summed E-state index contributed by atoms with van der Waals surface area (Å²) in [6, 6.07) is 7.55. The molecule has 3 rings (SSSR count). The van der Waals surface area contributed by atoms with Crippen LogP contribution in [0.5, 0.6) is 0 Å². The Bertz CT molecular complexity index is 785. The Balaban J connectivity index is 2.36. The smallest absolute Gasteiger partial charge is 0.207 e. The van der Waals surface area contributed by atoms with E-state index in [1.54, 1.807) is 16.8 Å². The van der Waals surface area contributed by atoms with Crippen LogP contribution >= 0.6 is 43.5 Å². The second-order valence-corrected chi connectivity index (χ2v) is 6.10. The molecular formula is C12H7Br2ClN4. The van der Waals surface area contributed by atoms with Crippen LogP contribution in [0, 0.1) is 0 Å². The predicted octanol–water partition coefficient (Wildman–Crippen LogP) is 4.18. The van der Waals surface area contributed by atoms with Crippen LogP contribution in [0.15, 0.2) is 39.4 Å². The van der Waals surface area contributed by atoms with E-state index in [1.807, 2.05) is 18.2 Å². The number of fused-ring (bicyclic) bond motifs is 1. The molecule has 0 bridgehead atoms. The van der Waals surface area contributed by atoms with Crippen molar-refractivity contribution in [3.63, 3.8) is 0 Å². The summed E-state index contributed by atoms with van der Waals surface area (Å²) in [6.07, 6.45) is 1.58. The number of anilines is 1. The van der Waals surface area contributed by atoms with E-state index < -0.39 is 0 Å². The molecule has 0 radical (unpaired) electrons. The van der Waals surface area contributed by atoms with Crippen molar-refractivity contribution >= 4 is 60.6 Å². The first-order valence-corrected chi connectivity index (χ1v) is 7.27. The minimum absolute atomic E-state index is 0.364. The molecule has 2 N–H and O–H groups in total. The first-order valence-electron chi connectivity index (χ1n) is 5.31. The first-order chi connectivity index (χ1) is 9.06. The number of aromatic nitrogens is 3. The van der Waals surface area contributed by atoms with Crippen LogP contribution in [0.1, 0.15) is 0 Å². The lowest BCUT2D eigenvalue weighted by molar-refractivity contribution is 1.07. The molecule has 4 nitrogen and oxygen atoms in total. The zero-order valence-corrected chi connectivity index (χ0v) is 13.4. The molecule has 0 atom stereocenters. The van der Waals surface area contributed by atoms with E-state index in [1.165, 1.54) is 0 Å². The van der Waals surface area contributed by atoms with Crippen molar-refractivity contribution in [2.75, 3.05) is 5.73 Å². The Kier molecular flexibility index (Phi) is 3.24. The average molecular weight is 402 g/mol. The topological polar surface area (TPSA) is 56.7 Å². The number of nitrogens with two attached hydrogens (primary N) is 1. The van der Waals surface area contributed by atoms with Crippen molar-refractivity contribution in [3.8, 4) is 5.69 Å². The molecule has 7 heteroatoms. The molecule has 19 heavy (non-hydrogen) atoms. The van der Waals surface area contributed by atoms with Crippen molar-refractivity contribution in [3.05, 3.63) is 44.4 Å². The van der Waals surface area contributed by atoms with Gasteiger partial charge >= 0.3 is 0 Å². The molecule has 0 fully saturated rings. The third kappa shape index (κ3) is 2.24. The highest BCUT2D eigenvalue weighted by Crippen LogP contribution is 2.30. The summed E-state index contributed by atoms with van der Waals surface area (Å²) in [5, 5.41) is 0.533. The van der Waals surface area contributed by atoms with Crippen molar-refractivity contribution < 1.29 is 0 Å². The van der Waals surface area contributed by atoms with Gasteiger partial charge in [-0.25, -0.2) is 9.97 Å². The zero-order valence-electron chi connectivity index (χ0n) is 9.44. The van der Waals surface area contributed by atoms with Gasteiger partial charge in [0, 0.05) is 15.1 Å². The normalized spacial score (nSPS) is 11.1. The summed E-state index contributed by atoms with van der Waals surface area (Å²) in [5.74, 6) is 0.364. The van der Waals surface area contributed by atoms with Crippen LogP contribution in [0.3, 0.4) is 0 Å². The Morgan fingerprint density at radius 3 is 2.79 bits per heavy atom. The summed E-state index contributed by atoms with van der Waals surface area (Å²) in [5.41, 5.74) is 8.18. The van der Waals surface area contributed by atoms with Crippen LogP contribution in [-0.2, 0) is 0 Å². The van der Waals surface area contributed by atoms with Crippen molar-refractivity contribution in [2.45, 2.75) is 0 Å². The molecule has 0 aliphatic heterocycles. The second kappa shape index (κ2) is 4.77. The number of hydrogen-bond acceptors (Lipinski definition) is 3. The quantitative estimate of drug-likeness (QED) is 0.664. The third-order valence-electron chi connectivity index (χ3n) is 2.64. The fraction of sp³-hybridized carbons (Fsp3) is 0. The standard InChI is InChI=1S/C12H7Br2ClN4/c13-6-1-2-8(14)10(3-6)19-11-9(18-12(19)16)4-7(15)5-17-11/h1-5H,(H2,16,18). The minimum atomic E-state index is 0.364. The number of hydrogen-bond donors (Lipinski definition) is 1. The number of nitrogen functional groups attached to an aromatic ring is 1. The Morgan fingerprint density at radius 1 is 1.21 bits per heavy atom. The number of rotatable bonds is 1. The maximum atomic E-state index is 5.99. The summed E-state index contributed by atoms with van der Waals surface area (Å²) in [6.45, 7) is 0. The molecule has 0 unspecified atom stereocenters. The number of nitrogens with zero attached hydrogens (tertiary/aromatic N) is 3. The van der Waals surface area contributed by atoms with Gasteiger partial charge in [-0.2, -0.15) is 0 Å². The van der Waals surface area contributed by atoms with Gasteiger partial charge in [-0.05, 0) is 40.2 Å². The number of imidazole rings is 1. The molecule has 3 aromatic rings. The lowest BCUT2D eigenvalue weighted by atomic mass is 10.3. The molecule has 0 aliphatic carbocycles. The van der Waals surface area contributed by atoms with Gasteiger partial charge in [0.1, 0.15) is 5.52 Å². The van der Waals surface area contributed by atoms with Crippen LogP contribution < -0.4 is 5.73 Å². The maximum Gasteiger partial charge on any atom is 0.207 e. The first kappa shape index (κ1) is 12.9. The molecule has 1 aromatic carbocycles. The molecule has 0 spiro atoms. The Labute approximate surface area is 130 Å². The van der Waals surface area contributed by atoms with Gasteiger partial charge < -0.3 is 5.73 Å². The van der Waals surface area contributed by atoms with E-state index >= 15 is 0 Å². The van der Waals surface area contributed by atoms with Gasteiger partial charge in [0.15, 0.2) is 5.65 Å². The zero-order chi connectivity index (χ0) is 13.6. The molecule has 96 valence electrons. The van der Waals surface area contributed by atoms with Crippen molar-refractivity contribution in [1.29, 1.82) is 0 Å². The summed E-state index contributed by atoms with van der Waals surface area (Å²) >= 11 is 12.9. The SMILES string of the molecule is Nc1nc2cc(Cl)cnc2n1-c1cc(Br)ccc1Br. The van der Waals surface area contributed by atoms with E-state index in [4.69, 9.17) is 17.3 Å². The largest absolute Gasteiger partial charge is 0.369 e.